The van der Waals surface area contributed by atoms with Gasteiger partial charge in [0.15, 0.2) is 0 Å². The fourth-order valence-corrected chi connectivity index (χ4v) is 2.55. The molecule has 0 radical (unpaired) electrons. The summed E-state index contributed by atoms with van der Waals surface area (Å²) in [4.78, 5) is 26.1. The van der Waals surface area contributed by atoms with E-state index >= 15 is 0 Å². The van der Waals surface area contributed by atoms with Crippen molar-refractivity contribution in [1.29, 1.82) is 0 Å². The van der Waals surface area contributed by atoms with Gasteiger partial charge in [-0.05, 0) is 30.9 Å². The van der Waals surface area contributed by atoms with E-state index in [4.69, 9.17) is 4.74 Å². The summed E-state index contributed by atoms with van der Waals surface area (Å²) >= 11 is 0. The Hall–Kier alpha value is -2.04. The van der Waals surface area contributed by atoms with Gasteiger partial charge in [0, 0.05) is 12.2 Å². The van der Waals surface area contributed by atoms with Gasteiger partial charge in [0.05, 0.1) is 6.61 Å². The molecule has 0 saturated heterocycles. The number of alkyl carbamates (subject to hydrolysis) is 1. The zero-order chi connectivity index (χ0) is 15.4. The molecule has 1 aromatic rings. The van der Waals surface area contributed by atoms with Gasteiger partial charge in [0.1, 0.15) is 6.04 Å². The summed E-state index contributed by atoms with van der Waals surface area (Å²) in [6.07, 6.45) is 0.309. The predicted molar refractivity (Wildman–Crippen MR) is 81.3 cm³/mol. The summed E-state index contributed by atoms with van der Waals surface area (Å²) in [6, 6.07) is 7.31. The lowest BCUT2D eigenvalue weighted by atomic mass is 10.0. The molecule has 2 rings (SSSR count). The molecule has 114 valence electrons. The SMILES string of the molecule is CCOC(=O)N[C@@H](C(=O)N1CCc2ccccc21)C(C)C. The predicted octanol–water partition coefficient (Wildman–Crippen LogP) is 2.35. The van der Waals surface area contributed by atoms with Gasteiger partial charge in [-0.2, -0.15) is 0 Å². The summed E-state index contributed by atoms with van der Waals surface area (Å²) in [5, 5.41) is 2.67. The van der Waals surface area contributed by atoms with Crippen molar-refractivity contribution in [3.8, 4) is 0 Å². The van der Waals surface area contributed by atoms with Gasteiger partial charge < -0.3 is 15.0 Å². The molecule has 0 aromatic heterocycles. The minimum Gasteiger partial charge on any atom is -0.450 e. The van der Waals surface area contributed by atoms with E-state index in [0.29, 0.717) is 6.54 Å². The third kappa shape index (κ3) is 3.35. The molecular formula is C16H22N2O3. The summed E-state index contributed by atoms with van der Waals surface area (Å²) in [5.74, 6) is -0.0855. The van der Waals surface area contributed by atoms with Crippen LogP contribution in [-0.2, 0) is 16.0 Å². The van der Waals surface area contributed by atoms with Gasteiger partial charge in [-0.15, -0.1) is 0 Å². The number of fused-ring (bicyclic) bond motifs is 1. The van der Waals surface area contributed by atoms with Crippen LogP contribution in [0, 0.1) is 5.92 Å². The average Bonchev–Trinajstić information content (AvgIpc) is 2.88. The Kier molecular flexibility index (Phi) is 4.83. The zero-order valence-corrected chi connectivity index (χ0v) is 12.8. The molecule has 2 amide bonds. The summed E-state index contributed by atoms with van der Waals surface area (Å²) in [7, 11) is 0. The molecule has 5 nitrogen and oxygen atoms in total. The molecule has 0 aliphatic carbocycles. The molecule has 1 aliphatic heterocycles. The van der Waals surface area contributed by atoms with E-state index in [1.165, 1.54) is 5.56 Å². The van der Waals surface area contributed by atoms with E-state index < -0.39 is 12.1 Å². The van der Waals surface area contributed by atoms with Crippen LogP contribution in [-0.4, -0.2) is 31.2 Å². The van der Waals surface area contributed by atoms with Crippen LogP contribution in [0.4, 0.5) is 10.5 Å². The van der Waals surface area contributed by atoms with Crippen LogP contribution < -0.4 is 10.2 Å². The number of amides is 2. The second-order valence-electron chi connectivity index (χ2n) is 5.46. The lowest BCUT2D eigenvalue weighted by Crippen LogP contribution is -2.51. The zero-order valence-electron chi connectivity index (χ0n) is 12.8. The smallest absolute Gasteiger partial charge is 0.407 e. The maximum absolute atomic E-state index is 12.7. The van der Waals surface area contributed by atoms with Gasteiger partial charge in [-0.3, -0.25) is 4.79 Å². The number of hydrogen-bond acceptors (Lipinski definition) is 3. The third-order valence-electron chi connectivity index (χ3n) is 3.63. The minimum absolute atomic E-state index is 0.00494. The molecule has 0 fully saturated rings. The van der Waals surface area contributed by atoms with E-state index in [1.807, 2.05) is 38.1 Å². The fraction of sp³-hybridized carbons (Fsp3) is 0.500. The van der Waals surface area contributed by atoms with Gasteiger partial charge in [-0.25, -0.2) is 4.79 Å². The van der Waals surface area contributed by atoms with E-state index in [9.17, 15) is 9.59 Å². The van der Waals surface area contributed by atoms with Gasteiger partial charge in [-0.1, -0.05) is 32.0 Å². The van der Waals surface area contributed by atoms with Crippen molar-refractivity contribution in [3.63, 3.8) is 0 Å². The molecule has 0 bridgehead atoms. The monoisotopic (exact) mass is 290 g/mol. The normalized spacial score (nSPS) is 14.8. The number of carbonyl (C=O) groups excluding carboxylic acids is 2. The van der Waals surface area contributed by atoms with Crippen LogP contribution in [0.2, 0.25) is 0 Å². The average molecular weight is 290 g/mol. The number of nitrogens with zero attached hydrogens (tertiary/aromatic N) is 1. The molecule has 1 aliphatic rings. The Labute approximate surface area is 125 Å². The van der Waals surface area contributed by atoms with Gasteiger partial charge >= 0.3 is 6.09 Å². The number of carbonyl (C=O) groups is 2. The highest BCUT2D eigenvalue weighted by Crippen LogP contribution is 2.28. The van der Waals surface area contributed by atoms with Crippen LogP contribution in [0.15, 0.2) is 24.3 Å². The van der Waals surface area contributed by atoms with E-state index in [-0.39, 0.29) is 18.4 Å². The number of ether oxygens (including phenoxy) is 1. The van der Waals surface area contributed by atoms with Crippen LogP contribution in [0.3, 0.4) is 0 Å². The second-order valence-corrected chi connectivity index (χ2v) is 5.46. The number of anilines is 1. The summed E-state index contributed by atoms with van der Waals surface area (Å²) < 4.78 is 4.88. The first kappa shape index (κ1) is 15.4. The third-order valence-corrected chi connectivity index (χ3v) is 3.63. The number of hydrogen-bond donors (Lipinski definition) is 1. The number of benzene rings is 1. The highest BCUT2D eigenvalue weighted by atomic mass is 16.5. The Morgan fingerprint density at radius 2 is 2.05 bits per heavy atom. The standard InChI is InChI=1S/C16H22N2O3/c1-4-21-16(20)17-14(11(2)3)15(19)18-10-9-12-7-5-6-8-13(12)18/h5-8,11,14H,4,9-10H2,1-3H3,(H,17,20)/t14-/m1/s1. The Bertz CT molecular complexity index is 528. The molecule has 1 heterocycles. The first-order valence-corrected chi connectivity index (χ1v) is 7.37. The quantitative estimate of drug-likeness (QED) is 0.926. The van der Waals surface area contributed by atoms with Crippen molar-refractivity contribution in [2.75, 3.05) is 18.1 Å². The van der Waals surface area contributed by atoms with E-state index in [0.717, 1.165) is 12.1 Å². The van der Waals surface area contributed by atoms with E-state index in [1.54, 1.807) is 11.8 Å². The Morgan fingerprint density at radius 3 is 2.71 bits per heavy atom. The summed E-state index contributed by atoms with van der Waals surface area (Å²) in [5.41, 5.74) is 2.11. The number of para-hydroxylation sites is 1. The molecule has 1 atom stereocenters. The molecule has 21 heavy (non-hydrogen) atoms. The van der Waals surface area contributed by atoms with Gasteiger partial charge in [0.25, 0.3) is 0 Å². The molecular weight excluding hydrogens is 268 g/mol. The minimum atomic E-state index is -0.574. The van der Waals surface area contributed by atoms with Gasteiger partial charge in [0.2, 0.25) is 5.91 Å². The lowest BCUT2D eigenvalue weighted by Gasteiger charge is -2.27. The van der Waals surface area contributed by atoms with Crippen molar-refractivity contribution >= 4 is 17.7 Å². The molecule has 5 heteroatoms. The number of nitrogens with one attached hydrogen (secondary N) is 1. The van der Waals surface area contributed by atoms with Crippen molar-refractivity contribution in [1.82, 2.24) is 5.32 Å². The maximum Gasteiger partial charge on any atom is 0.407 e. The van der Waals surface area contributed by atoms with Crippen LogP contribution in [0.5, 0.6) is 0 Å². The van der Waals surface area contributed by atoms with Crippen molar-refractivity contribution in [2.45, 2.75) is 33.2 Å². The molecule has 1 N–H and O–H groups in total. The first-order chi connectivity index (χ1) is 10.0. The lowest BCUT2D eigenvalue weighted by molar-refractivity contribution is -0.121. The fourth-order valence-electron chi connectivity index (χ4n) is 2.55. The largest absolute Gasteiger partial charge is 0.450 e. The highest BCUT2D eigenvalue weighted by Gasteiger charge is 2.32. The Morgan fingerprint density at radius 1 is 1.33 bits per heavy atom. The van der Waals surface area contributed by atoms with Crippen molar-refractivity contribution in [3.05, 3.63) is 29.8 Å². The molecule has 0 unspecified atom stereocenters. The van der Waals surface area contributed by atoms with E-state index in [2.05, 4.69) is 5.32 Å². The molecule has 0 spiro atoms. The maximum atomic E-state index is 12.7. The second kappa shape index (κ2) is 6.61. The first-order valence-electron chi connectivity index (χ1n) is 7.37. The number of rotatable bonds is 4. The van der Waals surface area contributed by atoms with Crippen molar-refractivity contribution in [2.24, 2.45) is 5.92 Å². The molecule has 1 aromatic carbocycles. The highest BCUT2D eigenvalue weighted by molar-refractivity contribution is 6.00. The van der Waals surface area contributed by atoms with Crippen molar-refractivity contribution < 1.29 is 14.3 Å². The topological polar surface area (TPSA) is 58.6 Å². The summed E-state index contributed by atoms with van der Waals surface area (Å²) in [6.45, 7) is 6.51. The van der Waals surface area contributed by atoms with Crippen LogP contribution in [0.1, 0.15) is 26.3 Å². The van der Waals surface area contributed by atoms with Crippen LogP contribution in [0.25, 0.3) is 0 Å². The van der Waals surface area contributed by atoms with Crippen LogP contribution >= 0.6 is 0 Å². The Balaban J connectivity index is 2.15. The molecule has 0 saturated carbocycles.